The Hall–Kier alpha value is -1.40. The number of benzene rings is 1. The zero-order valence-electron chi connectivity index (χ0n) is 10.8. The minimum atomic E-state index is -2.85. The second kappa shape index (κ2) is 8.01. The van der Waals surface area contributed by atoms with Crippen LogP contribution in [-0.4, -0.2) is 32.2 Å². The molecule has 0 aliphatic carbocycles. The number of hydrogen-bond acceptors (Lipinski definition) is 3. The summed E-state index contributed by atoms with van der Waals surface area (Å²) in [6, 6.07) is 5.66. The first-order chi connectivity index (χ1) is 9.15. The van der Waals surface area contributed by atoms with Crippen molar-refractivity contribution in [3.8, 4) is 5.75 Å². The van der Waals surface area contributed by atoms with Crippen LogP contribution in [0.15, 0.2) is 24.3 Å². The van der Waals surface area contributed by atoms with Crippen molar-refractivity contribution in [2.45, 2.75) is 13.0 Å². The van der Waals surface area contributed by atoms with Crippen molar-refractivity contribution in [2.75, 3.05) is 19.6 Å². The highest BCUT2D eigenvalue weighted by atomic mass is 35.5. The molecule has 7 heteroatoms. The highest BCUT2D eigenvalue weighted by Gasteiger charge is 2.15. The van der Waals surface area contributed by atoms with Crippen LogP contribution < -0.4 is 15.4 Å². The molecule has 0 radical (unpaired) electrons. The van der Waals surface area contributed by atoms with Crippen LogP contribution >= 0.6 is 12.4 Å². The fraction of sp³-hybridized carbons (Fsp3) is 0.462. The predicted octanol–water partition coefficient (Wildman–Crippen LogP) is 2.05. The molecule has 1 aliphatic rings. The largest absolute Gasteiger partial charge is 0.435 e. The maximum Gasteiger partial charge on any atom is 0.387 e. The average molecular weight is 307 g/mol. The summed E-state index contributed by atoms with van der Waals surface area (Å²) >= 11 is 0. The van der Waals surface area contributed by atoms with Crippen molar-refractivity contribution in [1.82, 2.24) is 10.6 Å². The SMILES string of the molecule is Cl.O=C(NCC1CCNC1)c1ccc(OC(F)F)cc1. The fourth-order valence-corrected chi connectivity index (χ4v) is 2.02. The number of hydrogen-bond donors (Lipinski definition) is 2. The van der Waals surface area contributed by atoms with E-state index < -0.39 is 6.61 Å². The van der Waals surface area contributed by atoms with E-state index in [0.29, 0.717) is 18.0 Å². The normalized spacial score (nSPS) is 17.6. The van der Waals surface area contributed by atoms with Gasteiger partial charge in [0.15, 0.2) is 0 Å². The molecule has 1 aromatic rings. The fourth-order valence-electron chi connectivity index (χ4n) is 2.02. The predicted molar refractivity (Wildman–Crippen MR) is 73.6 cm³/mol. The molecule has 112 valence electrons. The highest BCUT2D eigenvalue weighted by Crippen LogP contribution is 2.15. The van der Waals surface area contributed by atoms with Crippen LogP contribution in [0.5, 0.6) is 5.75 Å². The smallest absolute Gasteiger partial charge is 0.387 e. The van der Waals surface area contributed by atoms with Gasteiger partial charge in [-0.2, -0.15) is 8.78 Å². The van der Waals surface area contributed by atoms with E-state index in [1.807, 2.05) is 0 Å². The van der Waals surface area contributed by atoms with Crippen LogP contribution in [0.25, 0.3) is 0 Å². The Morgan fingerprint density at radius 2 is 2.10 bits per heavy atom. The third-order valence-corrected chi connectivity index (χ3v) is 3.06. The first kappa shape index (κ1) is 16.7. The average Bonchev–Trinajstić information content (AvgIpc) is 2.89. The van der Waals surface area contributed by atoms with Crippen LogP contribution in [-0.2, 0) is 0 Å². The van der Waals surface area contributed by atoms with Gasteiger partial charge in [0.05, 0.1) is 0 Å². The Morgan fingerprint density at radius 1 is 1.40 bits per heavy atom. The second-order valence-electron chi connectivity index (χ2n) is 4.47. The van der Waals surface area contributed by atoms with Crippen molar-refractivity contribution in [3.05, 3.63) is 29.8 Å². The number of rotatable bonds is 5. The van der Waals surface area contributed by atoms with E-state index in [2.05, 4.69) is 15.4 Å². The van der Waals surface area contributed by atoms with Crippen molar-refractivity contribution in [1.29, 1.82) is 0 Å². The van der Waals surface area contributed by atoms with Crippen LogP contribution in [0.4, 0.5) is 8.78 Å². The third-order valence-electron chi connectivity index (χ3n) is 3.06. The van der Waals surface area contributed by atoms with Crippen molar-refractivity contribution >= 4 is 18.3 Å². The molecule has 0 aromatic heterocycles. The van der Waals surface area contributed by atoms with E-state index in [9.17, 15) is 13.6 Å². The van der Waals surface area contributed by atoms with Crippen molar-refractivity contribution in [2.24, 2.45) is 5.92 Å². The topological polar surface area (TPSA) is 50.4 Å². The summed E-state index contributed by atoms with van der Waals surface area (Å²) in [4.78, 5) is 11.8. The lowest BCUT2D eigenvalue weighted by atomic mass is 10.1. The number of nitrogens with one attached hydrogen (secondary N) is 2. The van der Waals surface area contributed by atoms with Gasteiger partial charge in [0, 0.05) is 12.1 Å². The Kier molecular flexibility index (Phi) is 6.67. The number of ether oxygens (including phenoxy) is 1. The molecule has 1 aliphatic heterocycles. The molecule has 2 rings (SSSR count). The summed E-state index contributed by atoms with van der Waals surface area (Å²) in [7, 11) is 0. The Bertz CT molecular complexity index is 423. The van der Waals surface area contributed by atoms with Gasteiger partial charge in [-0.05, 0) is 49.7 Å². The Balaban J connectivity index is 0.00000200. The summed E-state index contributed by atoms with van der Waals surface area (Å²) in [6.45, 7) is -0.322. The van der Waals surface area contributed by atoms with E-state index >= 15 is 0 Å². The van der Waals surface area contributed by atoms with E-state index in [-0.39, 0.29) is 24.1 Å². The van der Waals surface area contributed by atoms with E-state index in [0.717, 1.165) is 19.5 Å². The molecule has 1 amide bonds. The van der Waals surface area contributed by atoms with Gasteiger partial charge in [-0.1, -0.05) is 0 Å². The maximum atomic E-state index is 12.0. The molecule has 1 fully saturated rings. The van der Waals surface area contributed by atoms with Gasteiger partial charge in [0.1, 0.15) is 5.75 Å². The monoisotopic (exact) mass is 306 g/mol. The summed E-state index contributed by atoms with van der Waals surface area (Å²) in [5.41, 5.74) is 0.438. The Labute approximate surface area is 122 Å². The van der Waals surface area contributed by atoms with Crippen LogP contribution in [0.2, 0.25) is 0 Å². The minimum absolute atomic E-state index is 0. The Morgan fingerprint density at radius 3 is 2.65 bits per heavy atom. The number of amides is 1. The maximum absolute atomic E-state index is 12.0. The molecule has 1 saturated heterocycles. The number of halogens is 3. The molecule has 2 N–H and O–H groups in total. The van der Waals surface area contributed by atoms with E-state index in [4.69, 9.17) is 0 Å². The van der Waals surface area contributed by atoms with E-state index in [1.54, 1.807) is 0 Å². The van der Waals surface area contributed by atoms with Gasteiger partial charge in [-0.15, -0.1) is 12.4 Å². The first-order valence-corrected chi connectivity index (χ1v) is 6.19. The molecule has 1 unspecified atom stereocenters. The van der Waals surface area contributed by atoms with Gasteiger partial charge in [-0.3, -0.25) is 4.79 Å². The second-order valence-corrected chi connectivity index (χ2v) is 4.47. The molecular formula is C13H17ClF2N2O2. The molecule has 1 heterocycles. The highest BCUT2D eigenvalue weighted by molar-refractivity contribution is 5.94. The number of alkyl halides is 2. The van der Waals surface area contributed by atoms with Crippen molar-refractivity contribution in [3.63, 3.8) is 0 Å². The zero-order chi connectivity index (χ0) is 13.7. The summed E-state index contributed by atoms with van der Waals surface area (Å²) in [5, 5.41) is 6.06. The lowest BCUT2D eigenvalue weighted by Crippen LogP contribution is -2.30. The lowest BCUT2D eigenvalue weighted by Gasteiger charge is -2.10. The summed E-state index contributed by atoms with van der Waals surface area (Å²) in [5.74, 6) is 0.312. The number of carbonyl (C=O) groups is 1. The molecule has 4 nitrogen and oxygen atoms in total. The summed E-state index contributed by atoms with van der Waals surface area (Å²) in [6.07, 6.45) is 1.06. The third kappa shape index (κ3) is 4.94. The molecule has 20 heavy (non-hydrogen) atoms. The van der Waals surface area contributed by atoms with Gasteiger partial charge in [-0.25, -0.2) is 0 Å². The van der Waals surface area contributed by atoms with Crippen LogP contribution in [0.3, 0.4) is 0 Å². The molecule has 0 bridgehead atoms. The molecule has 0 saturated carbocycles. The first-order valence-electron chi connectivity index (χ1n) is 6.19. The number of carbonyl (C=O) groups excluding carboxylic acids is 1. The van der Waals surface area contributed by atoms with Crippen molar-refractivity contribution < 1.29 is 18.3 Å². The van der Waals surface area contributed by atoms with Crippen LogP contribution in [0.1, 0.15) is 16.8 Å². The standard InChI is InChI=1S/C13H16F2N2O2.ClH/c14-13(15)19-11-3-1-10(2-4-11)12(18)17-8-9-5-6-16-7-9;/h1-4,9,13,16H,5-8H2,(H,17,18);1H. The van der Waals surface area contributed by atoms with Gasteiger partial charge < -0.3 is 15.4 Å². The molecule has 1 atom stereocenters. The zero-order valence-corrected chi connectivity index (χ0v) is 11.6. The van der Waals surface area contributed by atoms with E-state index in [1.165, 1.54) is 24.3 Å². The molecule has 0 spiro atoms. The quantitative estimate of drug-likeness (QED) is 0.875. The van der Waals surface area contributed by atoms with Gasteiger partial charge in [0.2, 0.25) is 0 Å². The van der Waals surface area contributed by atoms with Gasteiger partial charge in [0.25, 0.3) is 5.91 Å². The molecule has 1 aromatic carbocycles. The lowest BCUT2D eigenvalue weighted by molar-refractivity contribution is -0.0498. The minimum Gasteiger partial charge on any atom is -0.435 e. The molecular weight excluding hydrogens is 290 g/mol. The van der Waals surface area contributed by atoms with Gasteiger partial charge >= 0.3 is 6.61 Å². The van der Waals surface area contributed by atoms with Crippen LogP contribution in [0, 0.1) is 5.92 Å². The summed E-state index contributed by atoms with van der Waals surface area (Å²) < 4.78 is 28.1.